The Morgan fingerprint density at radius 2 is 2.21 bits per heavy atom. The molecular formula is C9H9BrN4. The number of halogens is 1. The lowest BCUT2D eigenvalue weighted by molar-refractivity contribution is 0.768. The third-order valence-electron chi connectivity index (χ3n) is 1.70. The summed E-state index contributed by atoms with van der Waals surface area (Å²) in [6.45, 7) is 0. The minimum atomic E-state index is 0.807. The van der Waals surface area contributed by atoms with Gasteiger partial charge in [0.1, 0.15) is 5.82 Å². The summed E-state index contributed by atoms with van der Waals surface area (Å²) in [7, 11) is 1.88. The molecule has 2 aromatic heterocycles. The Morgan fingerprint density at radius 3 is 2.79 bits per heavy atom. The van der Waals surface area contributed by atoms with Gasteiger partial charge in [-0.2, -0.15) is 5.10 Å². The minimum Gasteiger partial charge on any atom is -0.338 e. The van der Waals surface area contributed by atoms with Gasteiger partial charge in [0.15, 0.2) is 0 Å². The Hall–Kier alpha value is -1.36. The van der Waals surface area contributed by atoms with Crippen molar-refractivity contribution in [1.82, 2.24) is 14.8 Å². The molecule has 2 aromatic rings. The molecule has 14 heavy (non-hydrogen) atoms. The molecule has 0 radical (unpaired) electrons. The maximum Gasteiger partial charge on any atom is 0.130 e. The van der Waals surface area contributed by atoms with E-state index in [4.69, 9.17) is 0 Å². The van der Waals surface area contributed by atoms with Crippen LogP contribution < -0.4 is 5.32 Å². The molecule has 0 aliphatic rings. The van der Waals surface area contributed by atoms with E-state index in [0.29, 0.717) is 0 Å². The lowest BCUT2D eigenvalue weighted by Crippen LogP contribution is -1.91. The molecule has 2 heterocycles. The maximum atomic E-state index is 4.19. The average molecular weight is 253 g/mol. The van der Waals surface area contributed by atoms with E-state index in [9.17, 15) is 0 Å². The molecule has 0 saturated carbocycles. The maximum absolute atomic E-state index is 4.19. The Balaban J connectivity index is 2.15. The number of hydrogen-bond acceptors (Lipinski definition) is 3. The third-order valence-corrected chi connectivity index (χ3v) is 2.17. The second-order valence-corrected chi connectivity index (χ2v) is 3.81. The molecule has 0 aliphatic heterocycles. The van der Waals surface area contributed by atoms with Crippen LogP contribution in [0.5, 0.6) is 0 Å². The molecule has 0 bridgehead atoms. The van der Waals surface area contributed by atoms with Crippen molar-refractivity contribution in [2.24, 2.45) is 7.05 Å². The van der Waals surface area contributed by atoms with Crippen molar-refractivity contribution in [3.63, 3.8) is 0 Å². The highest BCUT2D eigenvalue weighted by Gasteiger charge is 1.97. The van der Waals surface area contributed by atoms with E-state index in [1.807, 2.05) is 25.4 Å². The third kappa shape index (κ3) is 2.11. The topological polar surface area (TPSA) is 42.7 Å². The van der Waals surface area contributed by atoms with Crippen molar-refractivity contribution in [3.8, 4) is 0 Å². The zero-order chi connectivity index (χ0) is 9.97. The van der Waals surface area contributed by atoms with E-state index < -0.39 is 0 Å². The molecule has 0 aliphatic carbocycles. The number of nitrogens with zero attached hydrogens (tertiary/aromatic N) is 3. The van der Waals surface area contributed by atoms with Gasteiger partial charge < -0.3 is 5.32 Å². The largest absolute Gasteiger partial charge is 0.338 e. The van der Waals surface area contributed by atoms with E-state index in [2.05, 4.69) is 31.3 Å². The fourth-order valence-electron chi connectivity index (χ4n) is 1.08. The fraction of sp³-hybridized carbons (Fsp3) is 0.111. The van der Waals surface area contributed by atoms with Gasteiger partial charge in [-0.05, 0) is 28.1 Å². The van der Waals surface area contributed by atoms with Crippen molar-refractivity contribution in [1.29, 1.82) is 0 Å². The average Bonchev–Trinajstić information content (AvgIpc) is 2.56. The van der Waals surface area contributed by atoms with Crippen molar-refractivity contribution in [2.75, 3.05) is 5.32 Å². The summed E-state index contributed by atoms with van der Waals surface area (Å²) in [5.74, 6) is 0.807. The summed E-state index contributed by atoms with van der Waals surface area (Å²) >= 11 is 3.33. The van der Waals surface area contributed by atoms with Crippen molar-refractivity contribution >= 4 is 27.4 Å². The monoisotopic (exact) mass is 252 g/mol. The van der Waals surface area contributed by atoms with Gasteiger partial charge in [-0.25, -0.2) is 4.98 Å². The van der Waals surface area contributed by atoms with Crippen LogP contribution in [0.25, 0.3) is 0 Å². The predicted octanol–water partition coefficient (Wildman–Crippen LogP) is 2.32. The number of hydrogen-bond donors (Lipinski definition) is 1. The summed E-state index contributed by atoms with van der Waals surface area (Å²) in [5.41, 5.74) is 0.933. The fourth-order valence-corrected chi connectivity index (χ4v) is 1.32. The minimum absolute atomic E-state index is 0.807. The van der Waals surface area contributed by atoms with Crippen LogP contribution in [0.3, 0.4) is 0 Å². The molecular weight excluding hydrogens is 244 g/mol. The number of anilines is 2. The quantitative estimate of drug-likeness (QED) is 0.893. The van der Waals surface area contributed by atoms with E-state index >= 15 is 0 Å². The van der Waals surface area contributed by atoms with Gasteiger partial charge in [0, 0.05) is 23.9 Å². The lowest BCUT2D eigenvalue weighted by Gasteiger charge is -2.00. The van der Waals surface area contributed by atoms with Gasteiger partial charge in [-0.15, -0.1) is 0 Å². The van der Waals surface area contributed by atoms with E-state index in [-0.39, 0.29) is 0 Å². The number of aromatic nitrogens is 3. The van der Waals surface area contributed by atoms with Gasteiger partial charge >= 0.3 is 0 Å². The van der Waals surface area contributed by atoms with E-state index in [1.54, 1.807) is 17.1 Å². The molecule has 0 unspecified atom stereocenters. The molecule has 4 nitrogen and oxygen atoms in total. The van der Waals surface area contributed by atoms with Crippen LogP contribution in [0.1, 0.15) is 0 Å². The van der Waals surface area contributed by atoms with Gasteiger partial charge in [0.2, 0.25) is 0 Å². The number of aryl methyl sites for hydroxylation is 1. The first kappa shape index (κ1) is 9.21. The first-order valence-electron chi connectivity index (χ1n) is 4.11. The molecule has 2 rings (SSSR count). The van der Waals surface area contributed by atoms with Gasteiger partial charge in [0.25, 0.3) is 0 Å². The number of nitrogens with one attached hydrogen (secondary N) is 1. The van der Waals surface area contributed by atoms with E-state index in [1.165, 1.54) is 0 Å². The van der Waals surface area contributed by atoms with Crippen LogP contribution >= 0.6 is 15.9 Å². The number of rotatable bonds is 2. The zero-order valence-corrected chi connectivity index (χ0v) is 9.19. The smallest absolute Gasteiger partial charge is 0.130 e. The lowest BCUT2D eigenvalue weighted by atomic mass is 10.4. The SMILES string of the molecule is Cn1cc(Nc2ccc(Br)cn2)cn1. The highest BCUT2D eigenvalue weighted by atomic mass is 79.9. The molecule has 0 atom stereocenters. The van der Waals surface area contributed by atoms with Crippen LogP contribution in [0.4, 0.5) is 11.5 Å². The Labute approximate surface area is 90.1 Å². The standard InChI is InChI=1S/C9H9BrN4/c1-14-6-8(5-12-14)13-9-3-2-7(10)4-11-9/h2-6H,1H3,(H,11,13). The predicted molar refractivity (Wildman–Crippen MR) is 58.4 cm³/mol. The van der Waals surface area contributed by atoms with Crippen LogP contribution in [-0.4, -0.2) is 14.8 Å². The normalized spacial score (nSPS) is 10.1. The molecule has 0 saturated heterocycles. The molecule has 72 valence electrons. The molecule has 0 fully saturated rings. The summed E-state index contributed by atoms with van der Waals surface area (Å²) in [5, 5.41) is 7.18. The molecule has 5 heteroatoms. The Morgan fingerprint density at radius 1 is 1.36 bits per heavy atom. The second kappa shape index (κ2) is 3.79. The first-order valence-corrected chi connectivity index (χ1v) is 4.90. The van der Waals surface area contributed by atoms with Crippen LogP contribution in [0.15, 0.2) is 35.2 Å². The first-order chi connectivity index (χ1) is 6.74. The Kier molecular flexibility index (Phi) is 2.49. The summed E-state index contributed by atoms with van der Waals surface area (Å²) < 4.78 is 2.70. The van der Waals surface area contributed by atoms with Gasteiger partial charge in [0.05, 0.1) is 11.9 Å². The second-order valence-electron chi connectivity index (χ2n) is 2.89. The van der Waals surface area contributed by atoms with Crippen molar-refractivity contribution < 1.29 is 0 Å². The Bertz CT molecular complexity index is 421. The van der Waals surface area contributed by atoms with Crippen molar-refractivity contribution in [3.05, 3.63) is 35.2 Å². The molecule has 1 N–H and O–H groups in total. The summed E-state index contributed by atoms with van der Waals surface area (Å²) in [6.07, 6.45) is 5.39. The zero-order valence-electron chi connectivity index (χ0n) is 7.61. The van der Waals surface area contributed by atoms with Crippen LogP contribution in [0.2, 0.25) is 0 Å². The van der Waals surface area contributed by atoms with Gasteiger partial charge in [-0.3, -0.25) is 4.68 Å². The van der Waals surface area contributed by atoms with E-state index in [0.717, 1.165) is 16.0 Å². The van der Waals surface area contributed by atoms with Gasteiger partial charge in [-0.1, -0.05) is 0 Å². The van der Waals surface area contributed by atoms with Crippen LogP contribution in [0, 0.1) is 0 Å². The molecule has 0 amide bonds. The number of pyridine rings is 1. The summed E-state index contributed by atoms with van der Waals surface area (Å²) in [4.78, 5) is 4.19. The van der Waals surface area contributed by atoms with Crippen LogP contribution in [-0.2, 0) is 7.05 Å². The highest BCUT2D eigenvalue weighted by molar-refractivity contribution is 9.10. The summed E-state index contributed by atoms with van der Waals surface area (Å²) in [6, 6.07) is 3.84. The van der Waals surface area contributed by atoms with Crippen molar-refractivity contribution in [2.45, 2.75) is 0 Å². The molecule has 0 aromatic carbocycles. The molecule has 0 spiro atoms. The highest BCUT2D eigenvalue weighted by Crippen LogP contribution is 2.15.